The summed E-state index contributed by atoms with van der Waals surface area (Å²) in [6.07, 6.45) is -0.390. The largest absolute Gasteiger partial charge is 0.496 e. The number of rotatable bonds is 4. The molecule has 1 aromatic rings. The van der Waals surface area contributed by atoms with Crippen LogP contribution < -0.4 is 10.5 Å². The minimum absolute atomic E-state index is 0.0905. The third-order valence-corrected chi connectivity index (χ3v) is 3.47. The van der Waals surface area contributed by atoms with Crippen molar-refractivity contribution < 1.29 is 14.7 Å². The lowest BCUT2D eigenvalue weighted by Crippen LogP contribution is -2.48. The predicted octanol–water partition coefficient (Wildman–Crippen LogP) is 1.30. The molecular weight excluding hydrogens is 282 g/mol. The fraction of sp³-hybridized carbons (Fsp3) is 0.462. The zero-order valence-electron chi connectivity index (χ0n) is 11.3. The van der Waals surface area contributed by atoms with Crippen LogP contribution in [0.4, 0.5) is 0 Å². The summed E-state index contributed by atoms with van der Waals surface area (Å²) in [6.45, 7) is 2.53. The highest BCUT2D eigenvalue weighted by Gasteiger charge is 2.24. The fourth-order valence-corrected chi connectivity index (χ4v) is 2.40. The highest BCUT2D eigenvalue weighted by molar-refractivity contribution is 6.30. The van der Waals surface area contributed by atoms with Gasteiger partial charge in [0.05, 0.1) is 13.7 Å². The van der Waals surface area contributed by atoms with Gasteiger partial charge in [-0.2, -0.15) is 0 Å². The minimum atomic E-state index is -0.390. The normalized spacial score (nSPS) is 20.9. The molecule has 0 aromatic heterocycles. The van der Waals surface area contributed by atoms with E-state index in [1.807, 2.05) is 12.1 Å². The number of oxime groups is 1. The van der Waals surface area contributed by atoms with E-state index < -0.39 is 0 Å². The van der Waals surface area contributed by atoms with Crippen LogP contribution in [-0.4, -0.2) is 48.9 Å². The second-order valence-corrected chi connectivity index (χ2v) is 5.01. The highest BCUT2D eigenvalue weighted by atomic mass is 35.5. The van der Waals surface area contributed by atoms with Gasteiger partial charge in [-0.3, -0.25) is 4.90 Å². The van der Waals surface area contributed by atoms with Gasteiger partial charge in [0.2, 0.25) is 0 Å². The Morgan fingerprint density at radius 2 is 2.45 bits per heavy atom. The van der Waals surface area contributed by atoms with E-state index in [1.54, 1.807) is 13.2 Å². The number of nitrogens with zero attached hydrogens (tertiary/aromatic N) is 2. The molecule has 0 spiro atoms. The molecule has 2 rings (SSSR count). The summed E-state index contributed by atoms with van der Waals surface area (Å²) >= 11 is 6.02. The van der Waals surface area contributed by atoms with Crippen LogP contribution >= 0.6 is 11.6 Å². The molecule has 1 aromatic carbocycles. The lowest BCUT2D eigenvalue weighted by Gasteiger charge is -2.32. The van der Waals surface area contributed by atoms with Gasteiger partial charge in [-0.1, -0.05) is 16.8 Å². The van der Waals surface area contributed by atoms with Crippen LogP contribution in [0.2, 0.25) is 5.02 Å². The van der Waals surface area contributed by atoms with Crippen LogP contribution in [0.5, 0.6) is 5.75 Å². The summed E-state index contributed by atoms with van der Waals surface area (Å²) < 4.78 is 10.8. The Morgan fingerprint density at radius 1 is 1.65 bits per heavy atom. The first-order chi connectivity index (χ1) is 9.63. The number of ether oxygens (including phenoxy) is 2. The van der Waals surface area contributed by atoms with Crippen LogP contribution in [0.1, 0.15) is 5.56 Å². The van der Waals surface area contributed by atoms with Crippen LogP contribution in [0.15, 0.2) is 23.4 Å². The average Bonchev–Trinajstić information content (AvgIpc) is 2.47. The number of hydrogen-bond donors (Lipinski definition) is 2. The van der Waals surface area contributed by atoms with Gasteiger partial charge < -0.3 is 20.4 Å². The van der Waals surface area contributed by atoms with Crippen LogP contribution in [0.25, 0.3) is 0 Å². The van der Waals surface area contributed by atoms with Crippen LogP contribution in [-0.2, 0) is 11.3 Å². The molecule has 1 heterocycles. The predicted molar refractivity (Wildman–Crippen MR) is 76.4 cm³/mol. The smallest absolute Gasteiger partial charge is 0.169 e. The van der Waals surface area contributed by atoms with Crippen LogP contribution in [0, 0.1) is 0 Å². The Kier molecular flexibility index (Phi) is 5.05. The molecule has 0 saturated carbocycles. The van der Waals surface area contributed by atoms with Gasteiger partial charge in [0.1, 0.15) is 11.9 Å². The van der Waals surface area contributed by atoms with E-state index in [1.165, 1.54) is 0 Å². The Labute approximate surface area is 122 Å². The second-order valence-electron chi connectivity index (χ2n) is 4.58. The summed E-state index contributed by atoms with van der Waals surface area (Å²) in [5, 5.41) is 12.4. The number of hydrogen-bond acceptors (Lipinski definition) is 5. The van der Waals surface area contributed by atoms with Gasteiger partial charge in [-0.15, -0.1) is 0 Å². The number of amidine groups is 1. The maximum Gasteiger partial charge on any atom is 0.169 e. The maximum atomic E-state index is 8.71. The van der Waals surface area contributed by atoms with Crippen molar-refractivity contribution in [2.75, 3.05) is 26.8 Å². The first-order valence-electron chi connectivity index (χ1n) is 6.28. The van der Waals surface area contributed by atoms with E-state index in [4.69, 9.17) is 32.0 Å². The van der Waals surface area contributed by atoms with Gasteiger partial charge in [-0.25, -0.2) is 0 Å². The molecule has 0 radical (unpaired) electrons. The molecule has 1 aliphatic rings. The van der Waals surface area contributed by atoms with Crippen molar-refractivity contribution in [3.05, 3.63) is 28.8 Å². The van der Waals surface area contributed by atoms with Crippen LogP contribution in [0.3, 0.4) is 0 Å². The first kappa shape index (κ1) is 14.9. The summed E-state index contributed by atoms with van der Waals surface area (Å²) in [5.74, 6) is 0.883. The van der Waals surface area contributed by atoms with E-state index >= 15 is 0 Å². The SMILES string of the molecule is COc1ccc(Cl)cc1CN1CCOC(C(N)=NO)C1. The third-order valence-electron chi connectivity index (χ3n) is 3.23. The third kappa shape index (κ3) is 3.53. The number of methoxy groups -OCH3 is 1. The van der Waals surface area contributed by atoms with E-state index in [0.717, 1.165) is 17.9 Å². The topological polar surface area (TPSA) is 80.3 Å². The van der Waals surface area contributed by atoms with Crippen molar-refractivity contribution in [3.8, 4) is 5.75 Å². The molecule has 7 heteroatoms. The van der Waals surface area contributed by atoms with Crippen molar-refractivity contribution in [3.63, 3.8) is 0 Å². The molecule has 0 amide bonds. The van der Waals surface area contributed by atoms with Gasteiger partial charge in [0, 0.05) is 30.2 Å². The van der Waals surface area contributed by atoms with Gasteiger partial charge in [0.15, 0.2) is 5.84 Å². The van der Waals surface area contributed by atoms with E-state index in [2.05, 4.69) is 10.1 Å². The van der Waals surface area contributed by atoms with E-state index in [9.17, 15) is 0 Å². The fourth-order valence-electron chi connectivity index (χ4n) is 2.20. The highest BCUT2D eigenvalue weighted by Crippen LogP contribution is 2.24. The molecule has 20 heavy (non-hydrogen) atoms. The molecule has 1 unspecified atom stereocenters. The van der Waals surface area contributed by atoms with Crippen molar-refractivity contribution in [1.82, 2.24) is 4.90 Å². The first-order valence-corrected chi connectivity index (χ1v) is 6.65. The summed E-state index contributed by atoms with van der Waals surface area (Å²) in [7, 11) is 1.63. The number of morpholine rings is 1. The molecule has 1 atom stereocenters. The number of nitrogens with two attached hydrogens (primary N) is 1. The summed E-state index contributed by atoms with van der Waals surface area (Å²) in [4.78, 5) is 2.15. The zero-order chi connectivity index (χ0) is 14.5. The van der Waals surface area contributed by atoms with Crippen molar-refractivity contribution in [2.24, 2.45) is 10.9 Å². The van der Waals surface area contributed by atoms with E-state index in [0.29, 0.717) is 24.7 Å². The molecule has 1 fully saturated rings. The molecule has 0 aliphatic carbocycles. The Balaban J connectivity index is 2.08. The Morgan fingerprint density at radius 3 is 3.15 bits per heavy atom. The standard InChI is InChI=1S/C13H18ClN3O3/c1-19-11-3-2-10(14)6-9(11)7-17-4-5-20-12(8-17)13(15)16-18/h2-3,6,12,18H,4-5,7-8H2,1H3,(H2,15,16). The van der Waals surface area contributed by atoms with Gasteiger partial charge in [0.25, 0.3) is 0 Å². The molecule has 1 aliphatic heterocycles. The molecule has 0 bridgehead atoms. The van der Waals surface area contributed by atoms with Gasteiger partial charge >= 0.3 is 0 Å². The second kappa shape index (κ2) is 6.78. The number of halogens is 1. The quantitative estimate of drug-likeness (QED) is 0.379. The molecule has 6 nitrogen and oxygen atoms in total. The Hall–Kier alpha value is -1.50. The Bertz CT molecular complexity index is 496. The van der Waals surface area contributed by atoms with Gasteiger partial charge in [-0.05, 0) is 18.2 Å². The molecule has 3 N–H and O–H groups in total. The zero-order valence-corrected chi connectivity index (χ0v) is 12.0. The van der Waals surface area contributed by atoms with Crippen molar-refractivity contribution in [2.45, 2.75) is 12.6 Å². The summed E-state index contributed by atoms with van der Waals surface area (Å²) in [5.41, 5.74) is 6.59. The molecule has 1 saturated heterocycles. The lowest BCUT2D eigenvalue weighted by atomic mass is 10.1. The lowest BCUT2D eigenvalue weighted by molar-refractivity contribution is 0.00119. The minimum Gasteiger partial charge on any atom is -0.496 e. The molecule has 110 valence electrons. The molecular formula is C13H18ClN3O3. The van der Waals surface area contributed by atoms with Crippen molar-refractivity contribution in [1.29, 1.82) is 0 Å². The monoisotopic (exact) mass is 299 g/mol. The van der Waals surface area contributed by atoms with E-state index in [-0.39, 0.29) is 11.9 Å². The average molecular weight is 300 g/mol. The van der Waals surface area contributed by atoms with Crippen molar-refractivity contribution >= 4 is 17.4 Å². The summed E-state index contributed by atoms with van der Waals surface area (Å²) in [6, 6.07) is 5.52. The number of benzene rings is 1. The maximum absolute atomic E-state index is 8.71.